The summed E-state index contributed by atoms with van der Waals surface area (Å²) in [4.78, 5) is 27.0. The molecule has 2 amide bonds. The Kier molecular flexibility index (Phi) is 8.10. The van der Waals surface area contributed by atoms with Crippen LogP contribution in [-0.4, -0.2) is 57.3 Å². The van der Waals surface area contributed by atoms with Gasteiger partial charge in [-0.1, -0.05) is 41.9 Å². The van der Waals surface area contributed by atoms with E-state index in [1.165, 1.54) is 6.07 Å². The Morgan fingerprint density at radius 2 is 1.97 bits per heavy atom. The predicted molar refractivity (Wildman–Crippen MR) is 125 cm³/mol. The van der Waals surface area contributed by atoms with Crippen molar-refractivity contribution in [2.75, 3.05) is 11.9 Å². The first-order valence-electron chi connectivity index (χ1n) is 10.4. The van der Waals surface area contributed by atoms with Crippen LogP contribution in [0.5, 0.6) is 0 Å². The fourth-order valence-electron chi connectivity index (χ4n) is 3.51. The molecule has 1 fully saturated rings. The zero-order valence-electron chi connectivity index (χ0n) is 18.7. The Balaban J connectivity index is 1.91. The summed E-state index contributed by atoms with van der Waals surface area (Å²) < 4.78 is 40.7. The minimum Gasteiger partial charge on any atom is -0.444 e. The van der Waals surface area contributed by atoms with E-state index in [4.69, 9.17) is 21.1 Å². The summed E-state index contributed by atoms with van der Waals surface area (Å²) in [5, 5.41) is 9.73. The Morgan fingerprint density at radius 1 is 1.29 bits per heavy atom. The van der Waals surface area contributed by atoms with Crippen LogP contribution < -0.4 is 5.32 Å². The van der Waals surface area contributed by atoms with Gasteiger partial charge in [-0.25, -0.2) is 13.6 Å². The Labute approximate surface area is 209 Å². The van der Waals surface area contributed by atoms with E-state index in [0.29, 0.717) is 0 Å². The first-order valence-corrected chi connectivity index (χ1v) is 11.5. The van der Waals surface area contributed by atoms with Gasteiger partial charge in [-0.3, -0.25) is 9.69 Å². The maximum Gasteiger partial charge on any atom is 0.411 e. The van der Waals surface area contributed by atoms with E-state index in [-0.39, 0.29) is 28.6 Å². The van der Waals surface area contributed by atoms with Gasteiger partial charge in [0.1, 0.15) is 5.60 Å². The molecule has 1 unspecified atom stereocenters. The standard InChI is InChI=1S/C22H24BrClF2N4O4/c1-21(2,3)34-20(32)30-11-14(33-12-13-7-5-4-6-8-13)10-22(30,18(25)26)19(31)27-17-15(23)9-16(24)28-29-17/h4-9,14,18H,10-12H2,1-3H3,(H,27,29,31)/t14-,22?/m1/s1. The Morgan fingerprint density at radius 3 is 2.56 bits per heavy atom. The van der Waals surface area contributed by atoms with Crippen molar-refractivity contribution in [3.05, 3.63) is 51.6 Å². The van der Waals surface area contributed by atoms with Gasteiger partial charge in [0.25, 0.3) is 12.3 Å². The maximum atomic E-state index is 14.7. The molecule has 8 nitrogen and oxygen atoms in total. The minimum atomic E-state index is -3.25. The summed E-state index contributed by atoms with van der Waals surface area (Å²) in [5.74, 6) is -1.26. The molecule has 12 heteroatoms. The smallest absolute Gasteiger partial charge is 0.411 e. The van der Waals surface area contributed by atoms with E-state index in [2.05, 4.69) is 31.4 Å². The first kappa shape index (κ1) is 26.2. The van der Waals surface area contributed by atoms with Gasteiger partial charge in [0.15, 0.2) is 16.5 Å². The van der Waals surface area contributed by atoms with Gasteiger partial charge < -0.3 is 14.8 Å². The molecule has 2 aromatic rings. The zero-order valence-corrected chi connectivity index (χ0v) is 21.1. The molecule has 1 aromatic heterocycles. The van der Waals surface area contributed by atoms with Gasteiger partial charge >= 0.3 is 6.09 Å². The van der Waals surface area contributed by atoms with Crippen LogP contribution in [-0.2, 0) is 20.9 Å². The molecule has 34 heavy (non-hydrogen) atoms. The number of anilines is 1. The molecular formula is C22H24BrClF2N4O4. The SMILES string of the molecule is CC(C)(C)OC(=O)N1C[C@H](OCc2ccccc2)CC1(C(=O)Nc1nnc(Cl)cc1Br)C(F)F. The van der Waals surface area contributed by atoms with E-state index in [1.54, 1.807) is 20.8 Å². The highest BCUT2D eigenvalue weighted by Crippen LogP contribution is 2.39. The summed E-state index contributed by atoms with van der Waals surface area (Å²) >= 11 is 8.93. The zero-order chi connectivity index (χ0) is 25.1. The van der Waals surface area contributed by atoms with Gasteiger partial charge in [0.2, 0.25) is 0 Å². The highest BCUT2D eigenvalue weighted by atomic mass is 79.9. The molecule has 184 valence electrons. The van der Waals surface area contributed by atoms with Gasteiger partial charge in [-0.15, -0.1) is 10.2 Å². The van der Waals surface area contributed by atoms with Gasteiger partial charge in [-0.05, 0) is 48.3 Å². The number of halogens is 4. The fraction of sp³-hybridized carbons (Fsp3) is 0.455. The highest BCUT2D eigenvalue weighted by molar-refractivity contribution is 9.10. The minimum absolute atomic E-state index is 0.0408. The van der Waals surface area contributed by atoms with Crippen LogP contribution in [0.25, 0.3) is 0 Å². The van der Waals surface area contributed by atoms with E-state index < -0.39 is 42.1 Å². The van der Waals surface area contributed by atoms with Crippen molar-refractivity contribution in [3.8, 4) is 0 Å². The Hall–Kier alpha value is -2.37. The van der Waals surface area contributed by atoms with Crippen LogP contribution in [0.15, 0.2) is 40.9 Å². The third kappa shape index (κ3) is 6.00. The summed E-state index contributed by atoms with van der Waals surface area (Å²) in [7, 11) is 0. The van der Waals surface area contributed by atoms with Crippen molar-refractivity contribution >= 4 is 45.3 Å². The molecule has 0 bridgehead atoms. The molecule has 0 spiro atoms. The highest BCUT2D eigenvalue weighted by Gasteiger charge is 2.61. The van der Waals surface area contributed by atoms with Crippen LogP contribution in [0.1, 0.15) is 32.8 Å². The monoisotopic (exact) mass is 560 g/mol. The second-order valence-corrected chi connectivity index (χ2v) is 10.00. The summed E-state index contributed by atoms with van der Waals surface area (Å²) in [6, 6.07) is 10.5. The number of nitrogens with zero attached hydrogens (tertiary/aromatic N) is 3. The molecule has 0 radical (unpaired) electrons. The van der Waals surface area contributed by atoms with Crippen molar-refractivity contribution in [2.24, 2.45) is 0 Å². The average Bonchev–Trinajstić information content (AvgIpc) is 3.15. The molecule has 1 aromatic carbocycles. The van der Waals surface area contributed by atoms with E-state index >= 15 is 0 Å². The molecule has 0 saturated carbocycles. The molecule has 2 atom stereocenters. The van der Waals surface area contributed by atoms with Crippen molar-refractivity contribution in [3.63, 3.8) is 0 Å². The van der Waals surface area contributed by atoms with Gasteiger partial charge in [0.05, 0.1) is 23.7 Å². The number of rotatable bonds is 6. The molecular weight excluding hydrogens is 538 g/mol. The molecule has 1 aliphatic rings. The third-order valence-corrected chi connectivity index (χ3v) is 5.84. The molecule has 1 aliphatic heterocycles. The number of nitrogens with one attached hydrogen (secondary N) is 1. The van der Waals surface area contributed by atoms with Gasteiger partial charge in [-0.2, -0.15) is 0 Å². The fourth-order valence-corrected chi connectivity index (χ4v) is 4.19. The first-order chi connectivity index (χ1) is 15.9. The molecule has 2 heterocycles. The summed E-state index contributed by atoms with van der Waals surface area (Å²) in [6.45, 7) is 4.69. The number of carbonyl (C=O) groups is 2. The topological polar surface area (TPSA) is 93.6 Å². The number of alkyl halides is 2. The van der Waals surface area contributed by atoms with Crippen LogP contribution in [0, 0.1) is 0 Å². The van der Waals surface area contributed by atoms with Crippen molar-refractivity contribution in [1.82, 2.24) is 15.1 Å². The summed E-state index contributed by atoms with van der Waals surface area (Å²) in [6.07, 6.45) is -5.58. The molecule has 1 N–H and O–H groups in total. The average molecular weight is 562 g/mol. The predicted octanol–water partition coefficient (Wildman–Crippen LogP) is 5.06. The number of likely N-dealkylation sites (tertiary alicyclic amines) is 1. The van der Waals surface area contributed by atoms with Crippen molar-refractivity contribution < 1.29 is 27.8 Å². The largest absolute Gasteiger partial charge is 0.444 e. The number of amides is 2. The number of benzene rings is 1. The van der Waals surface area contributed by atoms with Gasteiger partial charge in [0, 0.05) is 6.42 Å². The number of aromatic nitrogens is 2. The summed E-state index contributed by atoms with van der Waals surface area (Å²) in [5.41, 5.74) is -2.69. The lowest BCUT2D eigenvalue weighted by atomic mass is 9.94. The van der Waals surface area contributed by atoms with Crippen LogP contribution in [0.4, 0.5) is 19.4 Å². The van der Waals surface area contributed by atoms with E-state index in [1.807, 2.05) is 30.3 Å². The lowest BCUT2D eigenvalue weighted by Gasteiger charge is -2.36. The second-order valence-electron chi connectivity index (χ2n) is 8.76. The third-order valence-electron chi connectivity index (χ3n) is 5.05. The van der Waals surface area contributed by atoms with Crippen molar-refractivity contribution in [1.29, 1.82) is 0 Å². The van der Waals surface area contributed by atoms with Crippen LogP contribution >= 0.6 is 27.5 Å². The second kappa shape index (κ2) is 10.5. The lowest BCUT2D eigenvalue weighted by molar-refractivity contribution is -0.136. The van der Waals surface area contributed by atoms with E-state index in [0.717, 1.165) is 10.5 Å². The number of hydrogen-bond acceptors (Lipinski definition) is 6. The van der Waals surface area contributed by atoms with E-state index in [9.17, 15) is 18.4 Å². The maximum absolute atomic E-state index is 14.7. The van der Waals surface area contributed by atoms with Crippen molar-refractivity contribution in [2.45, 2.75) is 57.5 Å². The molecule has 3 rings (SSSR count). The number of ether oxygens (including phenoxy) is 2. The molecule has 0 aliphatic carbocycles. The van der Waals surface area contributed by atoms with Crippen LogP contribution in [0.2, 0.25) is 5.15 Å². The van der Waals surface area contributed by atoms with Crippen LogP contribution in [0.3, 0.4) is 0 Å². The Bertz CT molecular complexity index is 1040. The number of carbonyl (C=O) groups excluding carboxylic acids is 2. The number of hydrogen-bond donors (Lipinski definition) is 1. The quantitative estimate of drug-likeness (QED) is 0.530. The normalized spacial score (nSPS) is 20.5. The lowest BCUT2D eigenvalue weighted by Crippen LogP contribution is -2.60. The molecule has 1 saturated heterocycles.